The van der Waals surface area contributed by atoms with E-state index in [0.29, 0.717) is 24.2 Å². The fourth-order valence-electron chi connectivity index (χ4n) is 1.45. The van der Waals surface area contributed by atoms with Gasteiger partial charge < -0.3 is 14.4 Å². The Morgan fingerprint density at radius 1 is 1.47 bits per heavy atom. The molecule has 0 bridgehead atoms. The van der Waals surface area contributed by atoms with E-state index in [4.69, 9.17) is 4.52 Å². The molecule has 0 unspecified atom stereocenters. The highest BCUT2D eigenvalue weighted by Crippen LogP contribution is 2.08. The molecule has 0 aliphatic heterocycles. The number of hydrogen-bond acceptors (Lipinski definition) is 5. The summed E-state index contributed by atoms with van der Waals surface area (Å²) in [6, 6.07) is 0. The predicted octanol–water partition coefficient (Wildman–Crippen LogP) is 1.69. The van der Waals surface area contributed by atoms with Gasteiger partial charge in [-0.3, -0.25) is 0 Å². The lowest BCUT2D eigenvalue weighted by molar-refractivity contribution is 0.368. The molecule has 0 amide bonds. The molecule has 1 N–H and O–H groups in total. The van der Waals surface area contributed by atoms with E-state index in [0.717, 1.165) is 12.5 Å². The van der Waals surface area contributed by atoms with Crippen LogP contribution in [0.2, 0.25) is 0 Å². The molecule has 0 fully saturated rings. The summed E-state index contributed by atoms with van der Waals surface area (Å²) in [5.74, 6) is 2.64. The fraction of sp³-hybridized carbons (Fsp3) is 0.545. The molecule has 0 saturated heterocycles. The van der Waals surface area contributed by atoms with Gasteiger partial charge >= 0.3 is 0 Å². The average Bonchev–Trinajstić information content (AvgIpc) is 2.86. The molecule has 0 aliphatic rings. The van der Waals surface area contributed by atoms with Crippen LogP contribution in [0.5, 0.6) is 0 Å². The van der Waals surface area contributed by atoms with E-state index in [9.17, 15) is 0 Å². The van der Waals surface area contributed by atoms with E-state index in [-0.39, 0.29) is 0 Å². The molecular formula is C11H17N5O. The summed E-state index contributed by atoms with van der Waals surface area (Å²) in [6.07, 6.45) is 3.65. The molecule has 0 saturated carbocycles. The van der Waals surface area contributed by atoms with E-state index >= 15 is 0 Å². The Bertz CT molecular complexity index is 474. The number of rotatable bonds is 5. The molecular weight excluding hydrogens is 218 g/mol. The maximum absolute atomic E-state index is 5.08. The Morgan fingerprint density at radius 3 is 2.94 bits per heavy atom. The first-order valence-electron chi connectivity index (χ1n) is 5.69. The molecule has 0 aliphatic carbocycles. The van der Waals surface area contributed by atoms with Gasteiger partial charge in [0, 0.05) is 18.9 Å². The van der Waals surface area contributed by atoms with Crippen LogP contribution in [0.25, 0.3) is 0 Å². The van der Waals surface area contributed by atoms with Crippen LogP contribution < -0.4 is 5.32 Å². The number of nitrogens with zero attached hydrogens (tertiary/aromatic N) is 4. The third-order valence-corrected chi connectivity index (χ3v) is 2.26. The Morgan fingerprint density at radius 2 is 2.29 bits per heavy atom. The first-order chi connectivity index (χ1) is 8.15. The minimum Gasteiger partial charge on any atom is -0.355 e. The van der Waals surface area contributed by atoms with Gasteiger partial charge in [-0.15, -0.1) is 0 Å². The van der Waals surface area contributed by atoms with Crippen LogP contribution in [-0.4, -0.2) is 26.2 Å². The quantitative estimate of drug-likeness (QED) is 0.854. The van der Waals surface area contributed by atoms with Crippen molar-refractivity contribution in [2.75, 3.05) is 11.9 Å². The molecule has 2 rings (SSSR count). The summed E-state index contributed by atoms with van der Waals surface area (Å²) in [4.78, 5) is 8.42. The van der Waals surface area contributed by atoms with Gasteiger partial charge in [-0.2, -0.15) is 4.98 Å². The highest BCUT2D eigenvalue weighted by molar-refractivity contribution is 5.26. The molecule has 6 heteroatoms. The highest BCUT2D eigenvalue weighted by Gasteiger charge is 2.08. The monoisotopic (exact) mass is 235 g/mol. The Hall–Kier alpha value is -1.85. The van der Waals surface area contributed by atoms with Crippen LogP contribution in [0.4, 0.5) is 5.95 Å². The normalized spacial score (nSPS) is 11.1. The Kier molecular flexibility index (Phi) is 3.41. The number of imidazole rings is 1. The molecule has 0 atom stereocenters. The average molecular weight is 235 g/mol. The molecule has 92 valence electrons. The summed E-state index contributed by atoms with van der Waals surface area (Å²) < 4.78 is 7.03. The van der Waals surface area contributed by atoms with Crippen LogP contribution in [0.1, 0.15) is 25.6 Å². The number of anilines is 1. The minimum atomic E-state index is 0.543. The van der Waals surface area contributed by atoms with Crippen LogP contribution >= 0.6 is 0 Å². The van der Waals surface area contributed by atoms with Gasteiger partial charge in [-0.05, 0) is 12.8 Å². The van der Waals surface area contributed by atoms with Crippen molar-refractivity contribution in [3.8, 4) is 0 Å². The molecule has 0 radical (unpaired) electrons. The summed E-state index contributed by atoms with van der Waals surface area (Å²) in [5, 5.41) is 7.04. The lowest BCUT2D eigenvalue weighted by Gasteiger charge is -2.09. The van der Waals surface area contributed by atoms with Gasteiger partial charge in [0.1, 0.15) is 6.54 Å². The number of hydrogen-bond donors (Lipinski definition) is 1. The maximum atomic E-state index is 5.08. The van der Waals surface area contributed by atoms with Crippen LogP contribution in [0.15, 0.2) is 16.9 Å². The van der Waals surface area contributed by atoms with Crippen molar-refractivity contribution in [2.24, 2.45) is 5.92 Å². The highest BCUT2D eigenvalue weighted by atomic mass is 16.5. The van der Waals surface area contributed by atoms with E-state index in [2.05, 4.69) is 34.3 Å². The molecule has 0 aromatic carbocycles. The Balaban J connectivity index is 2.03. The Labute approximate surface area is 100 Å². The van der Waals surface area contributed by atoms with Crippen molar-refractivity contribution in [1.29, 1.82) is 0 Å². The maximum Gasteiger partial charge on any atom is 0.246 e. The van der Waals surface area contributed by atoms with Crippen LogP contribution in [-0.2, 0) is 6.54 Å². The van der Waals surface area contributed by atoms with E-state index in [1.165, 1.54) is 0 Å². The minimum absolute atomic E-state index is 0.543. The van der Waals surface area contributed by atoms with Crippen molar-refractivity contribution in [3.05, 3.63) is 24.1 Å². The van der Waals surface area contributed by atoms with Gasteiger partial charge in [0.2, 0.25) is 11.8 Å². The van der Waals surface area contributed by atoms with Gasteiger partial charge in [0.05, 0.1) is 0 Å². The number of aryl methyl sites for hydroxylation is 1. The van der Waals surface area contributed by atoms with E-state index < -0.39 is 0 Å². The second-order valence-corrected chi connectivity index (χ2v) is 4.39. The van der Waals surface area contributed by atoms with Gasteiger partial charge in [-0.1, -0.05) is 19.0 Å². The van der Waals surface area contributed by atoms with Crippen molar-refractivity contribution in [2.45, 2.75) is 27.3 Å². The van der Waals surface area contributed by atoms with Crippen molar-refractivity contribution in [3.63, 3.8) is 0 Å². The second kappa shape index (κ2) is 4.99. The zero-order valence-electron chi connectivity index (χ0n) is 10.3. The zero-order valence-corrected chi connectivity index (χ0v) is 10.3. The lowest BCUT2D eigenvalue weighted by atomic mass is 10.2. The van der Waals surface area contributed by atoms with E-state index in [1.807, 2.05) is 10.8 Å². The topological polar surface area (TPSA) is 68.8 Å². The fourth-order valence-corrected chi connectivity index (χ4v) is 1.45. The van der Waals surface area contributed by atoms with Crippen molar-refractivity contribution >= 4 is 5.95 Å². The summed E-state index contributed by atoms with van der Waals surface area (Å²) in [5.41, 5.74) is 0. The molecule has 17 heavy (non-hydrogen) atoms. The van der Waals surface area contributed by atoms with E-state index in [1.54, 1.807) is 13.1 Å². The smallest absolute Gasteiger partial charge is 0.246 e. The predicted molar refractivity (Wildman–Crippen MR) is 63.7 cm³/mol. The number of nitrogens with one attached hydrogen (secondary N) is 1. The molecule has 6 nitrogen and oxygen atoms in total. The molecule has 2 heterocycles. The largest absolute Gasteiger partial charge is 0.355 e. The van der Waals surface area contributed by atoms with Crippen LogP contribution in [0.3, 0.4) is 0 Å². The summed E-state index contributed by atoms with van der Waals surface area (Å²) >= 11 is 0. The number of aromatic nitrogens is 4. The third kappa shape index (κ3) is 3.05. The van der Waals surface area contributed by atoms with Gasteiger partial charge in [0.25, 0.3) is 0 Å². The van der Waals surface area contributed by atoms with Crippen LogP contribution in [0, 0.1) is 12.8 Å². The second-order valence-electron chi connectivity index (χ2n) is 4.39. The van der Waals surface area contributed by atoms with Crippen molar-refractivity contribution in [1.82, 2.24) is 19.7 Å². The van der Waals surface area contributed by atoms with Gasteiger partial charge in [-0.25, -0.2) is 4.98 Å². The first-order valence-corrected chi connectivity index (χ1v) is 5.69. The SMILES string of the molecule is Cc1noc(Cn2ccnc2NCC(C)C)n1. The van der Waals surface area contributed by atoms with Crippen molar-refractivity contribution < 1.29 is 4.52 Å². The third-order valence-electron chi connectivity index (χ3n) is 2.26. The standard InChI is InChI=1S/C11H17N5O/c1-8(2)6-13-11-12-4-5-16(11)7-10-14-9(3)15-17-10/h4-5,8H,6-7H2,1-3H3,(H,12,13). The summed E-state index contributed by atoms with van der Waals surface area (Å²) in [7, 11) is 0. The zero-order chi connectivity index (χ0) is 12.3. The molecule has 2 aromatic heterocycles. The molecule has 0 spiro atoms. The first kappa shape index (κ1) is 11.6. The lowest BCUT2D eigenvalue weighted by Crippen LogP contribution is -2.13. The summed E-state index contributed by atoms with van der Waals surface area (Å²) in [6.45, 7) is 7.54. The molecule has 2 aromatic rings. The van der Waals surface area contributed by atoms with Gasteiger partial charge in [0.15, 0.2) is 5.82 Å².